The van der Waals surface area contributed by atoms with E-state index in [1.54, 1.807) is 13.2 Å². The standard InChI is InChI=1S/C16H16BrNO3/c1-20-12-7-11(17)10-8-18-5-4-16-3-2-9(19)6-13(16)21-15(12)14(10)16/h2-3,7,13,18H,4-6,8H2,1H3/t13-,16-/m0/s1. The molecule has 110 valence electrons. The van der Waals surface area contributed by atoms with Gasteiger partial charge in [-0.25, -0.2) is 0 Å². The van der Waals surface area contributed by atoms with Crippen LogP contribution in [0.1, 0.15) is 24.0 Å². The number of methoxy groups -OCH3 is 1. The molecule has 5 heteroatoms. The van der Waals surface area contributed by atoms with Gasteiger partial charge in [0.05, 0.1) is 12.5 Å². The number of allylic oxidation sites excluding steroid dienone is 1. The topological polar surface area (TPSA) is 47.6 Å². The molecule has 3 aliphatic rings. The lowest BCUT2D eigenvalue weighted by molar-refractivity contribution is -0.117. The average Bonchev–Trinajstić information content (AvgIpc) is 2.67. The van der Waals surface area contributed by atoms with Gasteiger partial charge in [-0.15, -0.1) is 0 Å². The van der Waals surface area contributed by atoms with Gasteiger partial charge in [-0.05, 0) is 30.7 Å². The maximum absolute atomic E-state index is 11.8. The monoisotopic (exact) mass is 349 g/mol. The van der Waals surface area contributed by atoms with Crippen molar-refractivity contribution in [2.24, 2.45) is 0 Å². The van der Waals surface area contributed by atoms with E-state index in [9.17, 15) is 4.79 Å². The summed E-state index contributed by atoms with van der Waals surface area (Å²) in [6.07, 6.45) is 5.02. The molecule has 1 N–H and O–H groups in total. The van der Waals surface area contributed by atoms with Crippen LogP contribution in [0.2, 0.25) is 0 Å². The molecule has 0 radical (unpaired) electrons. The molecule has 0 unspecified atom stereocenters. The lowest BCUT2D eigenvalue weighted by Crippen LogP contribution is -2.41. The van der Waals surface area contributed by atoms with Gasteiger partial charge in [0, 0.05) is 23.0 Å². The normalized spacial score (nSPS) is 29.4. The summed E-state index contributed by atoms with van der Waals surface area (Å²) in [7, 11) is 1.65. The Bertz CT molecular complexity index is 670. The second kappa shape index (κ2) is 4.58. The molecular weight excluding hydrogens is 334 g/mol. The highest BCUT2D eigenvalue weighted by Gasteiger charge is 2.52. The van der Waals surface area contributed by atoms with Crippen molar-refractivity contribution in [2.45, 2.75) is 30.9 Å². The number of hydrogen-bond acceptors (Lipinski definition) is 4. The summed E-state index contributed by atoms with van der Waals surface area (Å²) >= 11 is 3.66. The number of benzene rings is 1. The molecule has 1 aromatic carbocycles. The summed E-state index contributed by atoms with van der Waals surface area (Å²) < 4.78 is 12.7. The summed E-state index contributed by atoms with van der Waals surface area (Å²) in [6.45, 7) is 1.70. The number of rotatable bonds is 1. The number of carbonyl (C=O) groups excluding carboxylic acids is 1. The SMILES string of the molecule is COc1cc(Br)c2c3c1O[C@H]1CC(=O)C=C[C@@]31CCNC2. The molecule has 1 aromatic rings. The van der Waals surface area contributed by atoms with Crippen LogP contribution in [-0.2, 0) is 16.8 Å². The number of carbonyl (C=O) groups is 1. The van der Waals surface area contributed by atoms with Crippen LogP contribution in [0.25, 0.3) is 0 Å². The van der Waals surface area contributed by atoms with E-state index >= 15 is 0 Å². The quantitative estimate of drug-likeness (QED) is 0.846. The maximum Gasteiger partial charge on any atom is 0.166 e. The Labute approximate surface area is 131 Å². The molecular formula is C16H16BrNO3. The molecule has 2 aliphatic heterocycles. The molecule has 2 heterocycles. The third-order valence-electron chi connectivity index (χ3n) is 4.79. The van der Waals surface area contributed by atoms with Gasteiger partial charge in [0.2, 0.25) is 0 Å². The van der Waals surface area contributed by atoms with E-state index in [1.165, 1.54) is 11.1 Å². The molecule has 0 saturated heterocycles. The van der Waals surface area contributed by atoms with Gasteiger partial charge in [0.25, 0.3) is 0 Å². The second-order valence-electron chi connectivity index (χ2n) is 5.82. The Morgan fingerprint density at radius 2 is 2.38 bits per heavy atom. The zero-order valence-electron chi connectivity index (χ0n) is 11.7. The van der Waals surface area contributed by atoms with Crippen LogP contribution in [-0.4, -0.2) is 25.5 Å². The molecule has 0 saturated carbocycles. The Morgan fingerprint density at radius 3 is 3.19 bits per heavy atom. The van der Waals surface area contributed by atoms with Gasteiger partial charge >= 0.3 is 0 Å². The minimum Gasteiger partial charge on any atom is -0.493 e. The minimum absolute atomic E-state index is 0.119. The van der Waals surface area contributed by atoms with Crippen LogP contribution in [0.15, 0.2) is 22.7 Å². The minimum atomic E-state index is -0.209. The fourth-order valence-electron chi connectivity index (χ4n) is 3.77. The van der Waals surface area contributed by atoms with Crippen molar-refractivity contribution in [3.63, 3.8) is 0 Å². The van der Waals surface area contributed by atoms with E-state index in [0.717, 1.165) is 35.5 Å². The van der Waals surface area contributed by atoms with Crippen molar-refractivity contribution in [1.82, 2.24) is 5.32 Å². The molecule has 1 spiro atoms. The zero-order valence-corrected chi connectivity index (χ0v) is 13.3. The fourth-order valence-corrected chi connectivity index (χ4v) is 4.32. The summed E-state index contributed by atoms with van der Waals surface area (Å²) in [6, 6.07) is 1.96. The zero-order chi connectivity index (χ0) is 14.6. The molecule has 0 amide bonds. The summed E-state index contributed by atoms with van der Waals surface area (Å²) in [5, 5.41) is 3.47. The largest absolute Gasteiger partial charge is 0.493 e. The van der Waals surface area contributed by atoms with Crippen molar-refractivity contribution in [2.75, 3.05) is 13.7 Å². The number of ether oxygens (including phenoxy) is 2. The van der Waals surface area contributed by atoms with Crippen LogP contribution in [0.3, 0.4) is 0 Å². The first kappa shape index (κ1) is 13.3. The maximum atomic E-state index is 11.8. The van der Waals surface area contributed by atoms with Gasteiger partial charge in [-0.2, -0.15) is 0 Å². The third kappa shape index (κ3) is 1.74. The van der Waals surface area contributed by atoms with E-state index < -0.39 is 0 Å². The first-order valence-electron chi connectivity index (χ1n) is 7.15. The second-order valence-corrected chi connectivity index (χ2v) is 6.68. The van der Waals surface area contributed by atoms with E-state index in [0.29, 0.717) is 6.42 Å². The Morgan fingerprint density at radius 1 is 1.52 bits per heavy atom. The molecule has 0 aromatic heterocycles. The summed E-state index contributed by atoms with van der Waals surface area (Å²) in [5.41, 5.74) is 2.19. The van der Waals surface area contributed by atoms with Crippen molar-refractivity contribution in [3.05, 3.63) is 33.8 Å². The molecule has 4 nitrogen and oxygen atoms in total. The van der Waals surface area contributed by atoms with Crippen molar-refractivity contribution in [3.8, 4) is 11.5 Å². The van der Waals surface area contributed by atoms with Crippen LogP contribution in [0, 0.1) is 0 Å². The summed E-state index contributed by atoms with van der Waals surface area (Å²) in [5.74, 6) is 1.68. The Hall–Kier alpha value is -1.33. The van der Waals surface area contributed by atoms with Crippen LogP contribution < -0.4 is 14.8 Å². The molecule has 0 fully saturated rings. The highest BCUT2D eigenvalue weighted by molar-refractivity contribution is 9.10. The number of nitrogens with one attached hydrogen (secondary N) is 1. The van der Waals surface area contributed by atoms with Crippen molar-refractivity contribution in [1.29, 1.82) is 0 Å². The molecule has 4 rings (SSSR count). The van der Waals surface area contributed by atoms with Gasteiger partial charge < -0.3 is 14.8 Å². The average molecular weight is 350 g/mol. The molecule has 0 bridgehead atoms. The molecule has 1 aliphatic carbocycles. The highest BCUT2D eigenvalue weighted by Crippen LogP contribution is 2.56. The van der Waals surface area contributed by atoms with Crippen molar-refractivity contribution < 1.29 is 14.3 Å². The smallest absolute Gasteiger partial charge is 0.166 e. The lowest BCUT2D eigenvalue weighted by Gasteiger charge is -2.33. The van der Waals surface area contributed by atoms with E-state index in [2.05, 4.69) is 27.3 Å². The van der Waals surface area contributed by atoms with Crippen LogP contribution in [0.5, 0.6) is 11.5 Å². The Kier molecular flexibility index (Phi) is 2.91. The highest BCUT2D eigenvalue weighted by atomic mass is 79.9. The molecule has 2 atom stereocenters. The van der Waals surface area contributed by atoms with E-state index in [-0.39, 0.29) is 17.3 Å². The number of halogens is 1. The lowest BCUT2D eigenvalue weighted by atomic mass is 9.69. The number of hydrogen-bond donors (Lipinski definition) is 1. The third-order valence-corrected chi connectivity index (χ3v) is 5.50. The molecule has 21 heavy (non-hydrogen) atoms. The van der Waals surface area contributed by atoms with Crippen LogP contribution >= 0.6 is 15.9 Å². The van der Waals surface area contributed by atoms with Gasteiger partial charge in [0.15, 0.2) is 17.3 Å². The van der Waals surface area contributed by atoms with Gasteiger partial charge in [-0.1, -0.05) is 22.0 Å². The first-order chi connectivity index (χ1) is 10.2. The summed E-state index contributed by atoms with van der Waals surface area (Å²) in [4.78, 5) is 11.8. The fraction of sp³-hybridized carbons (Fsp3) is 0.438. The van der Waals surface area contributed by atoms with Crippen LogP contribution in [0.4, 0.5) is 0 Å². The predicted octanol–water partition coefficient (Wildman–Crippen LogP) is 2.48. The predicted molar refractivity (Wildman–Crippen MR) is 81.9 cm³/mol. The van der Waals surface area contributed by atoms with E-state index in [4.69, 9.17) is 9.47 Å². The van der Waals surface area contributed by atoms with Crippen molar-refractivity contribution >= 4 is 21.7 Å². The first-order valence-corrected chi connectivity index (χ1v) is 7.94. The van der Waals surface area contributed by atoms with E-state index in [1.807, 2.05) is 6.07 Å². The number of ketones is 1. The Balaban J connectivity index is 2.02. The van der Waals surface area contributed by atoms with Gasteiger partial charge in [-0.3, -0.25) is 4.79 Å². The van der Waals surface area contributed by atoms with Gasteiger partial charge in [0.1, 0.15) is 6.10 Å².